The van der Waals surface area contributed by atoms with E-state index < -0.39 is 26.3 Å². The lowest BCUT2D eigenvalue weighted by molar-refractivity contribution is 0.0498. The number of ether oxygens (including phenoxy) is 1. The summed E-state index contributed by atoms with van der Waals surface area (Å²) in [6, 6.07) is -0.280. The number of hydrogen-bond donors (Lipinski definition) is 2. The highest BCUT2D eigenvalue weighted by atomic mass is 32.2. The normalized spacial score (nSPS) is 25.3. The van der Waals surface area contributed by atoms with Crippen molar-refractivity contribution in [3.05, 3.63) is 0 Å². The van der Waals surface area contributed by atoms with Crippen molar-refractivity contribution in [1.82, 2.24) is 5.32 Å². The van der Waals surface area contributed by atoms with Gasteiger partial charge in [-0.15, -0.1) is 0 Å². The Hall–Kier alpha value is -0.820. The Morgan fingerprint density at radius 2 is 2.00 bits per heavy atom. The first-order valence-electron chi connectivity index (χ1n) is 7.31. The second-order valence-electron chi connectivity index (χ2n) is 7.22. The van der Waals surface area contributed by atoms with Gasteiger partial charge < -0.3 is 15.8 Å². The number of alkyl carbamates (subject to hydrolysis) is 1. The standard InChI is InChI=1S/C14H28N2O4S/c1-13(2,3)20-12(17)16-11(9-15)8-10-6-7-21(18,19)14(10,4)5/h10-11H,6-9,15H2,1-5H3,(H,16,17). The quantitative estimate of drug-likeness (QED) is 0.816. The van der Waals surface area contributed by atoms with Gasteiger partial charge in [0.25, 0.3) is 0 Å². The molecule has 3 N–H and O–H groups in total. The molecule has 0 bridgehead atoms. The summed E-state index contributed by atoms with van der Waals surface area (Å²) in [5, 5.41) is 2.73. The third kappa shape index (κ3) is 4.57. The maximum absolute atomic E-state index is 12.0. The molecular weight excluding hydrogens is 292 g/mol. The summed E-state index contributed by atoms with van der Waals surface area (Å²) in [7, 11) is -3.07. The third-order valence-corrected chi connectivity index (χ3v) is 6.80. The maximum atomic E-state index is 12.0. The van der Waals surface area contributed by atoms with Crippen molar-refractivity contribution in [3.63, 3.8) is 0 Å². The molecule has 1 fully saturated rings. The molecule has 2 unspecified atom stereocenters. The van der Waals surface area contributed by atoms with Crippen molar-refractivity contribution in [2.75, 3.05) is 12.3 Å². The first kappa shape index (κ1) is 18.2. The Labute approximate surface area is 127 Å². The predicted molar refractivity (Wildman–Crippen MR) is 82.8 cm³/mol. The van der Waals surface area contributed by atoms with E-state index in [2.05, 4.69) is 5.32 Å². The van der Waals surface area contributed by atoms with Crippen molar-refractivity contribution in [2.24, 2.45) is 11.7 Å². The number of sulfone groups is 1. The third-order valence-electron chi connectivity index (χ3n) is 4.09. The zero-order chi connectivity index (χ0) is 16.5. The van der Waals surface area contributed by atoms with Crippen LogP contribution in [-0.2, 0) is 14.6 Å². The van der Waals surface area contributed by atoms with Crippen LogP contribution < -0.4 is 11.1 Å². The van der Waals surface area contributed by atoms with Crippen molar-refractivity contribution in [3.8, 4) is 0 Å². The van der Waals surface area contributed by atoms with Gasteiger partial charge in [0.05, 0.1) is 10.5 Å². The second kappa shape index (κ2) is 6.12. The van der Waals surface area contributed by atoms with E-state index in [1.807, 2.05) is 0 Å². The predicted octanol–water partition coefficient (Wildman–Crippen LogP) is 1.44. The van der Waals surface area contributed by atoms with E-state index in [0.717, 1.165) is 0 Å². The molecule has 7 heteroatoms. The van der Waals surface area contributed by atoms with Crippen molar-refractivity contribution in [1.29, 1.82) is 0 Å². The van der Waals surface area contributed by atoms with E-state index in [-0.39, 0.29) is 24.3 Å². The molecular formula is C14H28N2O4S. The minimum atomic E-state index is -3.07. The van der Waals surface area contributed by atoms with Gasteiger partial charge in [-0.2, -0.15) is 0 Å². The largest absolute Gasteiger partial charge is 0.444 e. The number of hydrogen-bond acceptors (Lipinski definition) is 5. The molecule has 0 aromatic heterocycles. The van der Waals surface area contributed by atoms with Crippen LogP contribution in [0.4, 0.5) is 4.79 Å². The van der Waals surface area contributed by atoms with Crippen LogP contribution in [0.5, 0.6) is 0 Å². The van der Waals surface area contributed by atoms with Gasteiger partial charge in [0, 0.05) is 12.6 Å². The monoisotopic (exact) mass is 320 g/mol. The van der Waals surface area contributed by atoms with E-state index in [4.69, 9.17) is 10.5 Å². The zero-order valence-corrected chi connectivity index (χ0v) is 14.4. The van der Waals surface area contributed by atoms with Crippen molar-refractivity contribution < 1.29 is 17.9 Å². The molecule has 1 saturated heterocycles. The smallest absolute Gasteiger partial charge is 0.407 e. The summed E-state index contributed by atoms with van der Waals surface area (Å²) >= 11 is 0. The highest BCUT2D eigenvalue weighted by Crippen LogP contribution is 2.39. The fourth-order valence-corrected chi connectivity index (χ4v) is 4.44. The van der Waals surface area contributed by atoms with Crippen LogP contribution in [0.2, 0.25) is 0 Å². The molecule has 21 heavy (non-hydrogen) atoms. The molecule has 0 radical (unpaired) electrons. The average molecular weight is 320 g/mol. The van der Waals surface area contributed by atoms with Gasteiger partial charge in [-0.25, -0.2) is 13.2 Å². The van der Waals surface area contributed by atoms with Crippen LogP contribution in [0.15, 0.2) is 0 Å². The molecule has 1 amide bonds. The molecule has 0 saturated carbocycles. The Morgan fingerprint density at radius 1 is 1.43 bits per heavy atom. The summed E-state index contributed by atoms with van der Waals surface area (Å²) in [5.74, 6) is 0.194. The summed E-state index contributed by atoms with van der Waals surface area (Å²) < 4.78 is 28.5. The summed E-state index contributed by atoms with van der Waals surface area (Å²) in [4.78, 5) is 11.8. The van der Waals surface area contributed by atoms with Gasteiger partial charge in [-0.05, 0) is 53.4 Å². The molecule has 1 aliphatic heterocycles. The van der Waals surface area contributed by atoms with Crippen molar-refractivity contribution in [2.45, 2.75) is 63.9 Å². The zero-order valence-electron chi connectivity index (χ0n) is 13.6. The van der Waals surface area contributed by atoms with Gasteiger partial charge in [0.1, 0.15) is 5.60 Å². The average Bonchev–Trinajstić information content (AvgIpc) is 2.48. The van der Waals surface area contributed by atoms with Crippen molar-refractivity contribution >= 4 is 15.9 Å². The minimum Gasteiger partial charge on any atom is -0.444 e. The molecule has 1 heterocycles. The Balaban J connectivity index is 2.66. The van der Waals surface area contributed by atoms with E-state index in [1.54, 1.807) is 34.6 Å². The summed E-state index contributed by atoms with van der Waals surface area (Å²) in [5.41, 5.74) is 5.13. The lowest BCUT2D eigenvalue weighted by Gasteiger charge is -2.29. The molecule has 1 rings (SSSR count). The molecule has 0 aromatic carbocycles. The molecule has 6 nitrogen and oxygen atoms in total. The topological polar surface area (TPSA) is 98.5 Å². The molecule has 0 aliphatic carbocycles. The van der Waals surface area contributed by atoms with Crippen LogP contribution in [0.1, 0.15) is 47.5 Å². The van der Waals surface area contributed by atoms with E-state index in [0.29, 0.717) is 12.8 Å². The van der Waals surface area contributed by atoms with E-state index >= 15 is 0 Å². The molecule has 1 aliphatic rings. The van der Waals surface area contributed by atoms with Gasteiger partial charge in [0.2, 0.25) is 0 Å². The van der Waals surface area contributed by atoms with E-state index in [9.17, 15) is 13.2 Å². The van der Waals surface area contributed by atoms with Gasteiger partial charge in [-0.3, -0.25) is 0 Å². The minimum absolute atomic E-state index is 0.00835. The van der Waals surface area contributed by atoms with Crippen LogP contribution in [0.3, 0.4) is 0 Å². The van der Waals surface area contributed by atoms with E-state index in [1.165, 1.54) is 0 Å². The molecule has 0 spiro atoms. The number of nitrogens with two attached hydrogens (primary N) is 1. The number of carbonyl (C=O) groups is 1. The fourth-order valence-electron chi connectivity index (χ4n) is 2.60. The molecule has 2 atom stereocenters. The lowest BCUT2D eigenvalue weighted by atomic mass is 9.87. The highest BCUT2D eigenvalue weighted by Gasteiger charge is 2.47. The van der Waals surface area contributed by atoms with Gasteiger partial charge >= 0.3 is 6.09 Å². The number of nitrogens with one attached hydrogen (secondary N) is 1. The second-order valence-corrected chi connectivity index (χ2v) is 9.91. The van der Waals surface area contributed by atoms with Gasteiger partial charge in [-0.1, -0.05) is 0 Å². The fraction of sp³-hybridized carbons (Fsp3) is 0.929. The summed E-state index contributed by atoms with van der Waals surface area (Å²) in [6.07, 6.45) is 0.640. The maximum Gasteiger partial charge on any atom is 0.407 e. The highest BCUT2D eigenvalue weighted by molar-refractivity contribution is 7.93. The number of amides is 1. The summed E-state index contributed by atoms with van der Waals surface area (Å²) in [6.45, 7) is 9.12. The van der Waals surface area contributed by atoms with Gasteiger partial charge in [0.15, 0.2) is 9.84 Å². The van der Waals surface area contributed by atoms with Crippen LogP contribution in [-0.4, -0.2) is 43.2 Å². The van der Waals surface area contributed by atoms with Crippen LogP contribution in [0.25, 0.3) is 0 Å². The van der Waals surface area contributed by atoms with Crippen LogP contribution >= 0.6 is 0 Å². The Bertz CT molecular complexity index is 480. The van der Waals surface area contributed by atoms with Crippen LogP contribution in [0, 0.1) is 5.92 Å². The Morgan fingerprint density at radius 3 is 2.38 bits per heavy atom. The first-order valence-corrected chi connectivity index (χ1v) is 8.96. The molecule has 124 valence electrons. The number of rotatable bonds is 4. The number of carbonyl (C=O) groups excluding carboxylic acids is 1. The SMILES string of the molecule is CC(C)(C)OC(=O)NC(CN)CC1CCS(=O)(=O)C1(C)C. The lowest BCUT2D eigenvalue weighted by Crippen LogP contribution is -2.46. The molecule has 0 aromatic rings. The first-order chi connectivity index (χ1) is 9.39. The Kier molecular flexibility index (Phi) is 5.31.